The summed E-state index contributed by atoms with van der Waals surface area (Å²) >= 11 is 1.58. The molecule has 8 heteroatoms. The van der Waals surface area contributed by atoms with E-state index in [-0.39, 0.29) is 36.2 Å². The van der Waals surface area contributed by atoms with E-state index in [4.69, 9.17) is 0 Å². The van der Waals surface area contributed by atoms with Crippen LogP contribution in [0.1, 0.15) is 46.6 Å². The molecule has 1 aromatic carbocycles. The number of rotatable bonds is 7. The summed E-state index contributed by atoms with van der Waals surface area (Å²) in [5.74, 6) is -0.379. The molecule has 1 saturated heterocycles. The highest BCUT2D eigenvalue weighted by Crippen LogP contribution is 2.27. The lowest BCUT2D eigenvalue weighted by Crippen LogP contribution is -2.57. The van der Waals surface area contributed by atoms with Gasteiger partial charge >= 0.3 is 0 Å². The summed E-state index contributed by atoms with van der Waals surface area (Å²) in [5.41, 5.74) is 3.53. The Morgan fingerprint density at radius 2 is 1.94 bits per heavy atom. The average Bonchev–Trinajstić information content (AvgIpc) is 3.39. The highest BCUT2D eigenvalue weighted by Gasteiger charge is 2.43. The van der Waals surface area contributed by atoms with Crippen molar-refractivity contribution in [1.82, 2.24) is 20.5 Å². The molecule has 0 spiro atoms. The maximum absolute atomic E-state index is 13.4. The van der Waals surface area contributed by atoms with E-state index in [1.165, 1.54) is 4.90 Å². The molecule has 3 rings (SSSR count). The molecule has 1 aliphatic heterocycles. The van der Waals surface area contributed by atoms with Gasteiger partial charge in [-0.1, -0.05) is 58.9 Å². The molecule has 2 heterocycles. The Balaban J connectivity index is 1.66. The van der Waals surface area contributed by atoms with E-state index in [9.17, 15) is 14.7 Å². The van der Waals surface area contributed by atoms with E-state index in [1.54, 1.807) is 16.8 Å². The normalized spacial score (nSPS) is 19.9. The van der Waals surface area contributed by atoms with Crippen LogP contribution in [0, 0.1) is 5.41 Å². The molecule has 0 saturated carbocycles. The molecule has 3 atom stereocenters. The van der Waals surface area contributed by atoms with Crippen LogP contribution in [-0.2, 0) is 16.1 Å². The van der Waals surface area contributed by atoms with Crippen LogP contribution in [0.3, 0.4) is 0 Å². The van der Waals surface area contributed by atoms with Crippen LogP contribution in [0.4, 0.5) is 0 Å². The van der Waals surface area contributed by atoms with Gasteiger partial charge in [-0.3, -0.25) is 14.6 Å². The van der Waals surface area contributed by atoms with Gasteiger partial charge in [0.05, 0.1) is 22.5 Å². The number of aliphatic hydroxyl groups is 1. The first kappa shape index (κ1) is 24.4. The summed E-state index contributed by atoms with van der Waals surface area (Å²) in [5, 5.41) is 16.5. The fraction of sp³-hybridized carbons (Fsp3) is 0.542. The number of hydrogen-bond acceptors (Lipinski definition) is 6. The van der Waals surface area contributed by atoms with E-state index in [0.717, 1.165) is 16.0 Å². The molecule has 2 amide bonds. The first-order chi connectivity index (χ1) is 15.1. The molecule has 7 nitrogen and oxygen atoms in total. The van der Waals surface area contributed by atoms with Crippen molar-refractivity contribution in [2.75, 3.05) is 6.54 Å². The lowest BCUT2D eigenvalue weighted by molar-refractivity contribution is -0.142. The molecule has 1 unspecified atom stereocenters. The number of amides is 2. The van der Waals surface area contributed by atoms with Gasteiger partial charge in [-0.2, -0.15) is 0 Å². The number of thiazole rings is 1. The Hall–Kier alpha value is -2.29. The second kappa shape index (κ2) is 10.1. The SMILES string of the molecule is CC(C)NC(C(=O)N1C[C@H](O)C[C@H]1C(=O)NCc1ccc(-c2cncs2)cc1)C(C)(C)C. The quantitative estimate of drug-likeness (QED) is 0.593. The molecular formula is C24H34N4O3S. The Labute approximate surface area is 194 Å². The number of carbonyl (C=O) groups is 2. The van der Waals surface area contributed by atoms with E-state index in [2.05, 4.69) is 15.6 Å². The van der Waals surface area contributed by atoms with Crippen molar-refractivity contribution in [2.45, 2.75) is 71.8 Å². The number of carbonyl (C=O) groups excluding carboxylic acids is 2. The molecule has 1 fully saturated rings. The maximum Gasteiger partial charge on any atom is 0.243 e. The molecule has 32 heavy (non-hydrogen) atoms. The second-order valence-corrected chi connectivity index (χ2v) is 10.7. The molecule has 3 N–H and O–H groups in total. The predicted molar refractivity (Wildman–Crippen MR) is 127 cm³/mol. The molecule has 0 bridgehead atoms. The highest BCUT2D eigenvalue weighted by atomic mass is 32.1. The van der Waals surface area contributed by atoms with Crippen LogP contribution >= 0.6 is 11.3 Å². The molecule has 174 valence electrons. The molecule has 1 aliphatic rings. The van der Waals surface area contributed by atoms with Gasteiger partial charge in [0.1, 0.15) is 6.04 Å². The summed E-state index contributed by atoms with van der Waals surface area (Å²) in [6, 6.07) is 6.98. The van der Waals surface area contributed by atoms with Gasteiger partial charge in [0.25, 0.3) is 0 Å². The van der Waals surface area contributed by atoms with E-state index < -0.39 is 18.2 Å². The molecule has 0 aliphatic carbocycles. The monoisotopic (exact) mass is 458 g/mol. The van der Waals surface area contributed by atoms with Gasteiger partial charge in [0.15, 0.2) is 0 Å². The number of hydrogen-bond donors (Lipinski definition) is 3. The summed E-state index contributed by atoms with van der Waals surface area (Å²) in [6.45, 7) is 10.5. The lowest BCUT2D eigenvalue weighted by atomic mass is 9.85. The first-order valence-corrected chi connectivity index (χ1v) is 11.9. The van der Waals surface area contributed by atoms with Crippen LogP contribution in [0.25, 0.3) is 10.4 Å². The Bertz CT molecular complexity index is 906. The first-order valence-electron chi connectivity index (χ1n) is 11.1. The third-order valence-corrected chi connectivity index (χ3v) is 6.44. The van der Waals surface area contributed by atoms with Crippen LogP contribution in [-0.4, -0.2) is 57.6 Å². The second-order valence-electron chi connectivity index (χ2n) is 9.80. The number of β-amino-alcohol motifs (C(OH)–C–C–N with tert-alkyl or cyclic N) is 1. The van der Waals surface area contributed by atoms with Crippen molar-refractivity contribution in [3.05, 3.63) is 41.5 Å². The van der Waals surface area contributed by atoms with Crippen molar-refractivity contribution >= 4 is 23.2 Å². The van der Waals surface area contributed by atoms with Crippen LogP contribution in [0.5, 0.6) is 0 Å². The van der Waals surface area contributed by atoms with Crippen molar-refractivity contribution in [3.63, 3.8) is 0 Å². The summed E-state index contributed by atoms with van der Waals surface area (Å²) in [7, 11) is 0. The van der Waals surface area contributed by atoms with Gasteiger partial charge in [-0.05, 0) is 16.5 Å². The summed E-state index contributed by atoms with van der Waals surface area (Å²) in [6.07, 6.45) is 1.38. The van der Waals surface area contributed by atoms with Crippen molar-refractivity contribution in [2.24, 2.45) is 5.41 Å². The smallest absolute Gasteiger partial charge is 0.243 e. The number of aromatic nitrogens is 1. The topological polar surface area (TPSA) is 94.6 Å². The third-order valence-electron chi connectivity index (χ3n) is 5.62. The minimum atomic E-state index is -0.701. The predicted octanol–water partition coefficient (Wildman–Crippen LogP) is 2.80. The van der Waals surface area contributed by atoms with Gasteiger partial charge in [-0.25, -0.2) is 0 Å². The van der Waals surface area contributed by atoms with Crippen molar-refractivity contribution in [1.29, 1.82) is 0 Å². The Kier molecular flexibility index (Phi) is 7.69. The highest BCUT2D eigenvalue weighted by molar-refractivity contribution is 7.13. The zero-order chi connectivity index (χ0) is 23.5. The van der Waals surface area contributed by atoms with Gasteiger partial charge in [-0.15, -0.1) is 11.3 Å². The molecule has 0 radical (unpaired) electrons. The van der Waals surface area contributed by atoms with Gasteiger partial charge in [0, 0.05) is 31.7 Å². The van der Waals surface area contributed by atoms with Crippen LogP contribution in [0.15, 0.2) is 36.0 Å². The van der Waals surface area contributed by atoms with Crippen molar-refractivity contribution in [3.8, 4) is 10.4 Å². The van der Waals surface area contributed by atoms with Gasteiger partial charge < -0.3 is 20.6 Å². The number of nitrogens with one attached hydrogen (secondary N) is 2. The summed E-state index contributed by atoms with van der Waals surface area (Å²) in [4.78, 5) is 33.1. The van der Waals surface area contributed by atoms with Crippen LogP contribution in [0.2, 0.25) is 0 Å². The fourth-order valence-corrected chi connectivity index (χ4v) is 4.58. The zero-order valence-electron chi connectivity index (χ0n) is 19.5. The Morgan fingerprint density at radius 1 is 1.25 bits per heavy atom. The van der Waals surface area contributed by atoms with E-state index >= 15 is 0 Å². The fourth-order valence-electron chi connectivity index (χ4n) is 3.95. The van der Waals surface area contributed by atoms with E-state index in [0.29, 0.717) is 6.54 Å². The van der Waals surface area contributed by atoms with Crippen molar-refractivity contribution < 1.29 is 14.7 Å². The van der Waals surface area contributed by atoms with Gasteiger partial charge in [0.2, 0.25) is 11.8 Å². The number of likely N-dealkylation sites (tertiary alicyclic amines) is 1. The third kappa shape index (κ3) is 5.94. The van der Waals surface area contributed by atoms with E-state index in [1.807, 2.05) is 65.1 Å². The average molecular weight is 459 g/mol. The van der Waals surface area contributed by atoms with Crippen LogP contribution < -0.4 is 10.6 Å². The standard InChI is InChI=1S/C24H34N4O3S/c1-15(2)27-21(24(3,4)5)23(31)28-13-18(29)10-19(28)22(30)26-11-16-6-8-17(9-7-16)20-12-25-14-32-20/h6-9,12,14-15,18-19,21,27,29H,10-11,13H2,1-5H3,(H,26,30)/t18-,19+,21?/m1/s1. The minimum absolute atomic E-state index is 0.121. The molecule has 1 aromatic heterocycles. The number of benzene rings is 1. The molecule has 2 aromatic rings. The number of aliphatic hydroxyl groups excluding tert-OH is 1. The summed E-state index contributed by atoms with van der Waals surface area (Å²) < 4.78 is 0. The maximum atomic E-state index is 13.4. The zero-order valence-corrected chi connectivity index (χ0v) is 20.3. The largest absolute Gasteiger partial charge is 0.391 e. The minimum Gasteiger partial charge on any atom is -0.391 e. The lowest BCUT2D eigenvalue weighted by Gasteiger charge is -2.36. The number of nitrogens with zero attached hydrogens (tertiary/aromatic N) is 2. The Morgan fingerprint density at radius 3 is 2.50 bits per heavy atom. The molecular weight excluding hydrogens is 424 g/mol.